The Balaban J connectivity index is 1.59. The number of aromatic nitrogens is 2. The SMILES string of the molecule is COCCC1(C(=O)N2CC[C@H](N(C)Cc3cc(=O)[nH]c(N)n3)C2)CCC1. The minimum absolute atomic E-state index is 0.134. The maximum absolute atomic E-state index is 13.0. The van der Waals surface area contributed by atoms with E-state index in [0.717, 1.165) is 45.2 Å². The lowest BCUT2D eigenvalue weighted by Crippen LogP contribution is -2.48. The molecule has 8 heteroatoms. The van der Waals surface area contributed by atoms with E-state index in [2.05, 4.69) is 14.9 Å². The Morgan fingerprint density at radius 1 is 1.54 bits per heavy atom. The van der Waals surface area contributed by atoms with Gasteiger partial charge in [-0.15, -0.1) is 0 Å². The molecule has 1 saturated heterocycles. The van der Waals surface area contributed by atoms with Crippen LogP contribution in [0.2, 0.25) is 0 Å². The van der Waals surface area contributed by atoms with Crippen LogP contribution in [0, 0.1) is 5.41 Å². The van der Waals surface area contributed by atoms with Crippen LogP contribution in [-0.2, 0) is 16.1 Å². The van der Waals surface area contributed by atoms with Gasteiger partial charge < -0.3 is 15.4 Å². The number of carbonyl (C=O) groups excluding carboxylic acids is 1. The summed E-state index contributed by atoms with van der Waals surface area (Å²) in [5.74, 6) is 0.421. The lowest BCUT2D eigenvalue weighted by molar-refractivity contribution is -0.148. The smallest absolute Gasteiger partial charge is 0.252 e. The van der Waals surface area contributed by atoms with E-state index in [1.165, 1.54) is 6.07 Å². The third kappa shape index (κ3) is 3.91. The monoisotopic (exact) mass is 363 g/mol. The van der Waals surface area contributed by atoms with Crippen LogP contribution in [0.1, 0.15) is 37.8 Å². The summed E-state index contributed by atoms with van der Waals surface area (Å²) in [5, 5.41) is 0. The molecule has 0 aromatic carbocycles. The average molecular weight is 363 g/mol. The number of H-pyrrole nitrogens is 1. The molecule has 1 amide bonds. The minimum atomic E-state index is -0.241. The van der Waals surface area contributed by atoms with Gasteiger partial charge in [-0.2, -0.15) is 0 Å². The van der Waals surface area contributed by atoms with E-state index in [-0.39, 0.29) is 28.9 Å². The van der Waals surface area contributed by atoms with Gasteiger partial charge in [0, 0.05) is 45.5 Å². The van der Waals surface area contributed by atoms with Gasteiger partial charge in [0.15, 0.2) is 0 Å². The molecule has 1 aromatic heterocycles. The number of likely N-dealkylation sites (tertiary alicyclic amines) is 1. The van der Waals surface area contributed by atoms with Crippen LogP contribution in [0.15, 0.2) is 10.9 Å². The van der Waals surface area contributed by atoms with Gasteiger partial charge in [-0.05, 0) is 32.7 Å². The normalized spacial score (nSPS) is 21.8. The second-order valence-electron chi connectivity index (χ2n) is 7.61. The number of hydrogen-bond donors (Lipinski definition) is 2. The fourth-order valence-electron chi connectivity index (χ4n) is 4.09. The summed E-state index contributed by atoms with van der Waals surface area (Å²) >= 11 is 0. The molecule has 144 valence electrons. The number of nitrogens with two attached hydrogens (primary N) is 1. The lowest BCUT2D eigenvalue weighted by atomic mass is 9.66. The van der Waals surface area contributed by atoms with Gasteiger partial charge in [-0.25, -0.2) is 4.98 Å². The zero-order chi connectivity index (χ0) is 18.7. The van der Waals surface area contributed by atoms with E-state index in [1.54, 1.807) is 7.11 Å². The molecule has 1 atom stereocenters. The molecular formula is C18H29N5O3. The van der Waals surface area contributed by atoms with Crippen molar-refractivity contribution in [3.8, 4) is 0 Å². The number of ether oxygens (including phenoxy) is 1. The van der Waals surface area contributed by atoms with Crippen LogP contribution < -0.4 is 11.3 Å². The second-order valence-corrected chi connectivity index (χ2v) is 7.61. The average Bonchev–Trinajstić information content (AvgIpc) is 3.02. The molecule has 1 aliphatic heterocycles. The number of hydrogen-bond acceptors (Lipinski definition) is 6. The first kappa shape index (κ1) is 18.8. The van der Waals surface area contributed by atoms with Crippen LogP contribution in [0.5, 0.6) is 0 Å². The fourth-order valence-corrected chi connectivity index (χ4v) is 4.09. The van der Waals surface area contributed by atoms with Crippen molar-refractivity contribution >= 4 is 11.9 Å². The van der Waals surface area contributed by atoms with Crippen LogP contribution >= 0.6 is 0 Å². The Morgan fingerprint density at radius 3 is 2.92 bits per heavy atom. The van der Waals surface area contributed by atoms with E-state index in [9.17, 15) is 9.59 Å². The van der Waals surface area contributed by atoms with Crippen molar-refractivity contribution in [2.24, 2.45) is 5.41 Å². The molecule has 0 spiro atoms. The molecule has 1 aliphatic carbocycles. The Labute approximate surface area is 153 Å². The molecule has 1 saturated carbocycles. The highest BCUT2D eigenvalue weighted by Crippen LogP contribution is 2.46. The largest absolute Gasteiger partial charge is 0.385 e. The Bertz CT molecular complexity index is 700. The van der Waals surface area contributed by atoms with Crippen LogP contribution in [0.25, 0.3) is 0 Å². The lowest BCUT2D eigenvalue weighted by Gasteiger charge is -2.42. The number of carbonyl (C=O) groups is 1. The number of aromatic amines is 1. The van der Waals surface area contributed by atoms with Gasteiger partial charge in [-0.1, -0.05) is 6.42 Å². The number of nitrogens with zero attached hydrogens (tertiary/aromatic N) is 3. The van der Waals surface area contributed by atoms with E-state index in [4.69, 9.17) is 10.5 Å². The Kier molecular flexibility index (Phi) is 5.62. The van der Waals surface area contributed by atoms with Crippen LogP contribution in [-0.4, -0.2) is 65.6 Å². The third-order valence-corrected chi connectivity index (χ3v) is 5.85. The van der Waals surface area contributed by atoms with Crippen molar-refractivity contribution in [1.29, 1.82) is 0 Å². The fraction of sp³-hybridized carbons (Fsp3) is 0.722. The molecule has 0 radical (unpaired) electrons. The molecule has 3 N–H and O–H groups in total. The highest BCUT2D eigenvalue weighted by atomic mass is 16.5. The van der Waals surface area contributed by atoms with Crippen molar-refractivity contribution < 1.29 is 9.53 Å². The first-order valence-electron chi connectivity index (χ1n) is 9.28. The van der Waals surface area contributed by atoms with Gasteiger partial charge in [0.25, 0.3) is 5.56 Å². The topological polar surface area (TPSA) is 105 Å². The summed E-state index contributed by atoms with van der Waals surface area (Å²) in [6, 6.07) is 1.74. The summed E-state index contributed by atoms with van der Waals surface area (Å²) in [5.41, 5.74) is 5.82. The zero-order valence-corrected chi connectivity index (χ0v) is 15.7. The highest BCUT2D eigenvalue weighted by molar-refractivity contribution is 5.84. The molecule has 2 aliphatic rings. The maximum Gasteiger partial charge on any atom is 0.252 e. The van der Waals surface area contributed by atoms with Crippen LogP contribution in [0.4, 0.5) is 5.95 Å². The molecule has 2 fully saturated rings. The summed E-state index contributed by atoms with van der Waals surface area (Å²) in [7, 11) is 3.69. The Morgan fingerprint density at radius 2 is 2.31 bits per heavy atom. The quantitative estimate of drug-likeness (QED) is 0.735. The van der Waals surface area contributed by atoms with Gasteiger partial charge in [-0.3, -0.25) is 19.5 Å². The molecule has 26 heavy (non-hydrogen) atoms. The van der Waals surface area contributed by atoms with Gasteiger partial charge in [0.1, 0.15) is 0 Å². The summed E-state index contributed by atoms with van der Waals surface area (Å²) in [6.07, 6.45) is 4.82. The molecule has 3 rings (SSSR count). The summed E-state index contributed by atoms with van der Waals surface area (Å²) in [4.78, 5) is 35.4. The van der Waals surface area contributed by atoms with Crippen molar-refractivity contribution in [3.63, 3.8) is 0 Å². The second kappa shape index (κ2) is 7.75. The van der Waals surface area contributed by atoms with E-state index in [1.807, 2.05) is 11.9 Å². The Hall–Kier alpha value is -1.93. The van der Waals surface area contributed by atoms with E-state index >= 15 is 0 Å². The van der Waals surface area contributed by atoms with Gasteiger partial charge in [0.05, 0.1) is 11.1 Å². The first-order chi connectivity index (χ1) is 12.4. The molecule has 1 aromatic rings. The number of anilines is 1. The van der Waals surface area contributed by atoms with E-state index < -0.39 is 0 Å². The van der Waals surface area contributed by atoms with Crippen molar-refractivity contribution in [3.05, 3.63) is 22.1 Å². The first-order valence-corrected chi connectivity index (χ1v) is 9.28. The number of nitrogen functional groups attached to an aromatic ring is 1. The maximum atomic E-state index is 13.0. The number of nitrogens with one attached hydrogen (secondary N) is 1. The van der Waals surface area contributed by atoms with Crippen LogP contribution in [0.3, 0.4) is 0 Å². The van der Waals surface area contributed by atoms with Crippen molar-refractivity contribution in [1.82, 2.24) is 19.8 Å². The predicted octanol–water partition coefficient (Wildman–Crippen LogP) is 0.592. The predicted molar refractivity (Wildman–Crippen MR) is 98.5 cm³/mol. The molecule has 0 bridgehead atoms. The molecule has 2 heterocycles. The number of methoxy groups -OCH3 is 1. The van der Waals surface area contributed by atoms with E-state index in [0.29, 0.717) is 18.8 Å². The molecule has 0 unspecified atom stereocenters. The molecule has 8 nitrogen and oxygen atoms in total. The highest BCUT2D eigenvalue weighted by Gasteiger charge is 2.47. The number of amides is 1. The number of likely N-dealkylation sites (N-methyl/N-ethyl adjacent to an activating group) is 1. The van der Waals surface area contributed by atoms with Crippen molar-refractivity contribution in [2.75, 3.05) is 39.6 Å². The minimum Gasteiger partial charge on any atom is -0.385 e. The zero-order valence-electron chi connectivity index (χ0n) is 15.7. The summed E-state index contributed by atoms with van der Waals surface area (Å²) < 4.78 is 5.21. The summed E-state index contributed by atoms with van der Waals surface area (Å²) in [6.45, 7) is 2.68. The molecular weight excluding hydrogens is 334 g/mol. The third-order valence-electron chi connectivity index (χ3n) is 5.85. The van der Waals surface area contributed by atoms with Crippen molar-refractivity contribution in [2.45, 2.75) is 44.7 Å². The standard InChI is InChI=1S/C18H29N5O3/c1-22(11-13-10-15(24)21-17(19)20-13)14-4-8-23(12-14)16(25)18(5-3-6-18)7-9-26-2/h10,14H,3-9,11-12H2,1-2H3,(H3,19,20,21,24)/t14-/m0/s1. The van der Waals surface area contributed by atoms with Gasteiger partial charge >= 0.3 is 0 Å². The number of rotatable bonds is 7. The van der Waals surface area contributed by atoms with Gasteiger partial charge in [0.2, 0.25) is 11.9 Å².